The Hall–Kier alpha value is -2.09. The molecule has 1 aliphatic rings. The Kier molecular flexibility index (Phi) is 6.71. The van der Waals surface area contributed by atoms with Gasteiger partial charge in [0.2, 0.25) is 0 Å². The number of anilines is 2. The molecule has 1 atom stereocenters. The molecule has 1 aliphatic heterocycles. The van der Waals surface area contributed by atoms with Gasteiger partial charge < -0.3 is 25.2 Å². The number of carbonyl (C=O) groups is 1. The Morgan fingerprint density at radius 2 is 2.07 bits per heavy atom. The van der Waals surface area contributed by atoms with Gasteiger partial charge in [-0.05, 0) is 56.2 Å². The Labute approximate surface area is 165 Å². The van der Waals surface area contributed by atoms with Crippen molar-refractivity contribution in [1.29, 1.82) is 0 Å². The van der Waals surface area contributed by atoms with Gasteiger partial charge in [0.25, 0.3) is 0 Å². The molecule has 6 nitrogen and oxygen atoms in total. The van der Waals surface area contributed by atoms with Crippen molar-refractivity contribution in [2.75, 3.05) is 57.2 Å². The third-order valence-electron chi connectivity index (χ3n) is 4.79. The van der Waals surface area contributed by atoms with Gasteiger partial charge in [-0.25, -0.2) is 4.79 Å². The lowest BCUT2D eigenvalue weighted by Gasteiger charge is -2.29. The van der Waals surface area contributed by atoms with E-state index in [1.54, 1.807) is 11.3 Å². The number of benzene rings is 1. The highest BCUT2D eigenvalue weighted by Crippen LogP contribution is 2.24. The lowest BCUT2D eigenvalue weighted by Crippen LogP contribution is -2.37. The first kappa shape index (κ1) is 19.7. The highest BCUT2D eigenvalue weighted by molar-refractivity contribution is 7.10. The molecule has 2 amide bonds. The molecule has 27 heavy (non-hydrogen) atoms. The number of thiophene rings is 1. The highest BCUT2D eigenvalue weighted by Gasteiger charge is 2.17. The zero-order chi connectivity index (χ0) is 19.2. The van der Waals surface area contributed by atoms with Crippen molar-refractivity contribution in [3.63, 3.8) is 0 Å². The van der Waals surface area contributed by atoms with Gasteiger partial charge in [-0.15, -0.1) is 11.3 Å². The highest BCUT2D eigenvalue weighted by atomic mass is 32.1. The average molecular weight is 389 g/mol. The van der Waals surface area contributed by atoms with Crippen LogP contribution in [-0.2, 0) is 4.74 Å². The van der Waals surface area contributed by atoms with E-state index in [-0.39, 0.29) is 12.1 Å². The zero-order valence-electron chi connectivity index (χ0n) is 16.2. The van der Waals surface area contributed by atoms with Crippen molar-refractivity contribution in [1.82, 2.24) is 10.2 Å². The summed E-state index contributed by atoms with van der Waals surface area (Å²) in [5.74, 6) is 0. The van der Waals surface area contributed by atoms with E-state index in [4.69, 9.17) is 4.74 Å². The normalized spacial score (nSPS) is 15.6. The number of amides is 2. The zero-order valence-corrected chi connectivity index (χ0v) is 17.0. The van der Waals surface area contributed by atoms with Crippen LogP contribution < -0.4 is 15.5 Å². The number of hydrogen-bond acceptors (Lipinski definition) is 5. The summed E-state index contributed by atoms with van der Waals surface area (Å²) < 4.78 is 5.41. The van der Waals surface area contributed by atoms with Crippen LogP contribution in [0.3, 0.4) is 0 Å². The maximum Gasteiger partial charge on any atom is 0.319 e. The first-order valence-electron chi connectivity index (χ1n) is 9.22. The molecule has 0 spiro atoms. The molecule has 2 aromatic rings. The number of carbonyl (C=O) groups excluding carboxylic acids is 1. The molecule has 1 unspecified atom stereocenters. The van der Waals surface area contributed by atoms with E-state index in [2.05, 4.69) is 44.0 Å². The molecule has 1 fully saturated rings. The molecule has 0 radical (unpaired) electrons. The topological polar surface area (TPSA) is 56.8 Å². The SMILES string of the molecule is Cc1cc(N2CCOCC2)ccc1NC(=O)NCC(c1cccs1)N(C)C. The number of morpholine rings is 1. The summed E-state index contributed by atoms with van der Waals surface area (Å²) in [5, 5.41) is 8.03. The maximum atomic E-state index is 12.4. The van der Waals surface area contributed by atoms with E-state index < -0.39 is 0 Å². The maximum absolute atomic E-state index is 12.4. The molecule has 1 aromatic carbocycles. The van der Waals surface area contributed by atoms with Gasteiger partial charge in [-0.3, -0.25) is 0 Å². The monoisotopic (exact) mass is 388 g/mol. The van der Waals surface area contributed by atoms with Crippen LogP contribution in [0.2, 0.25) is 0 Å². The predicted octanol–water partition coefficient (Wildman–Crippen LogP) is 3.32. The summed E-state index contributed by atoms with van der Waals surface area (Å²) in [6.45, 7) is 5.91. The van der Waals surface area contributed by atoms with Gasteiger partial charge >= 0.3 is 6.03 Å². The minimum atomic E-state index is -0.180. The molecular formula is C20H28N4O2S. The van der Waals surface area contributed by atoms with E-state index in [1.807, 2.05) is 33.2 Å². The third kappa shape index (κ3) is 5.22. The van der Waals surface area contributed by atoms with Crippen molar-refractivity contribution in [3.05, 3.63) is 46.2 Å². The first-order valence-corrected chi connectivity index (χ1v) is 10.1. The molecule has 1 saturated heterocycles. The van der Waals surface area contributed by atoms with Crippen LogP contribution in [0.1, 0.15) is 16.5 Å². The number of rotatable bonds is 6. The summed E-state index contributed by atoms with van der Waals surface area (Å²) in [7, 11) is 4.05. The van der Waals surface area contributed by atoms with Crippen LogP contribution in [0.5, 0.6) is 0 Å². The van der Waals surface area contributed by atoms with Crippen LogP contribution in [0.25, 0.3) is 0 Å². The predicted molar refractivity (Wildman–Crippen MR) is 112 cm³/mol. The summed E-state index contributed by atoms with van der Waals surface area (Å²) in [5.41, 5.74) is 3.06. The second kappa shape index (κ2) is 9.21. The van der Waals surface area contributed by atoms with Gasteiger partial charge in [-0.2, -0.15) is 0 Å². The number of nitrogens with one attached hydrogen (secondary N) is 2. The lowest BCUT2D eigenvalue weighted by atomic mass is 10.1. The molecule has 2 heterocycles. The van der Waals surface area contributed by atoms with Crippen LogP contribution >= 0.6 is 11.3 Å². The number of ether oxygens (including phenoxy) is 1. The number of hydrogen-bond donors (Lipinski definition) is 2. The summed E-state index contributed by atoms with van der Waals surface area (Å²) in [6, 6.07) is 10.3. The Bertz CT molecular complexity index is 742. The molecule has 0 saturated carbocycles. The van der Waals surface area contributed by atoms with Crippen molar-refractivity contribution < 1.29 is 9.53 Å². The van der Waals surface area contributed by atoms with E-state index in [9.17, 15) is 4.79 Å². The molecule has 0 bridgehead atoms. The molecule has 3 rings (SSSR count). The second-order valence-corrected chi connectivity index (χ2v) is 7.91. The first-order chi connectivity index (χ1) is 13.0. The van der Waals surface area contributed by atoms with E-state index >= 15 is 0 Å². The van der Waals surface area contributed by atoms with Gasteiger partial charge in [-0.1, -0.05) is 6.07 Å². The molecule has 2 N–H and O–H groups in total. The quantitative estimate of drug-likeness (QED) is 0.797. The van der Waals surface area contributed by atoms with Crippen molar-refractivity contribution >= 4 is 28.7 Å². The van der Waals surface area contributed by atoms with Gasteiger partial charge in [0.1, 0.15) is 0 Å². The fraction of sp³-hybridized carbons (Fsp3) is 0.450. The summed E-state index contributed by atoms with van der Waals surface area (Å²) >= 11 is 1.71. The minimum absolute atomic E-state index is 0.167. The van der Waals surface area contributed by atoms with Crippen molar-refractivity contribution in [3.8, 4) is 0 Å². The lowest BCUT2D eigenvalue weighted by molar-refractivity contribution is 0.122. The van der Waals surface area contributed by atoms with E-state index in [0.29, 0.717) is 6.54 Å². The molecule has 146 valence electrons. The summed E-state index contributed by atoms with van der Waals surface area (Å²) in [6.07, 6.45) is 0. The Morgan fingerprint density at radius 3 is 2.70 bits per heavy atom. The Balaban J connectivity index is 1.57. The molecule has 0 aliphatic carbocycles. The summed E-state index contributed by atoms with van der Waals surface area (Å²) in [4.78, 5) is 18.1. The molecular weight excluding hydrogens is 360 g/mol. The fourth-order valence-electron chi connectivity index (χ4n) is 3.18. The smallest absolute Gasteiger partial charge is 0.319 e. The molecule has 1 aromatic heterocycles. The average Bonchev–Trinajstić information content (AvgIpc) is 3.18. The van der Waals surface area contributed by atoms with Crippen molar-refractivity contribution in [2.45, 2.75) is 13.0 Å². The van der Waals surface area contributed by atoms with E-state index in [0.717, 1.165) is 37.6 Å². The van der Waals surface area contributed by atoms with Crippen molar-refractivity contribution in [2.24, 2.45) is 0 Å². The minimum Gasteiger partial charge on any atom is -0.378 e. The standard InChI is InChI=1S/C20H28N4O2S/c1-15-13-16(24-8-10-26-11-9-24)6-7-17(15)22-20(25)21-14-18(23(2)3)19-5-4-12-27-19/h4-7,12-13,18H,8-11,14H2,1-3H3,(H2,21,22,25). The van der Waals surface area contributed by atoms with Crippen LogP contribution in [0.4, 0.5) is 16.2 Å². The second-order valence-electron chi connectivity index (χ2n) is 6.93. The van der Waals surface area contributed by atoms with Gasteiger partial charge in [0.15, 0.2) is 0 Å². The fourth-order valence-corrected chi connectivity index (χ4v) is 4.10. The van der Waals surface area contributed by atoms with E-state index in [1.165, 1.54) is 10.6 Å². The van der Waals surface area contributed by atoms with Crippen LogP contribution in [0, 0.1) is 6.92 Å². The van der Waals surface area contributed by atoms with Crippen LogP contribution in [0.15, 0.2) is 35.7 Å². The number of urea groups is 1. The van der Waals surface area contributed by atoms with Gasteiger partial charge in [0.05, 0.1) is 19.3 Å². The van der Waals surface area contributed by atoms with Gasteiger partial charge in [0, 0.05) is 35.9 Å². The number of aryl methyl sites for hydroxylation is 1. The number of nitrogens with zero attached hydrogens (tertiary/aromatic N) is 2. The third-order valence-corrected chi connectivity index (χ3v) is 5.76. The largest absolute Gasteiger partial charge is 0.378 e. The Morgan fingerprint density at radius 1 is 1.30 bits per heavy atom. The number of likely N-dealkylation sites (N-methyl/N-ethyl adjacent to an activating group) is 1. The molecule has 7 heteroatoms. The van der Waals surface area contributed by atoms with Crippen LogP contribution in [-0.4, -0.2) is 57.9 Å².